The first-order chi connectivity index (χ1) is 6.55. The first kappa shape index (κ1) is 11.3. The average molecular weight is 258 g/mol. The summed E-state index contributed by atoms with van der Waals surface area (Å²) < 4.78 is 5.82. The lowest BCUT2D eigenvalue weighted by molar-refractivity contribution is 0.0516. The molecule has 1 aromatic rings. The standard InChI is InChI=1S/C10H12BrNO2/c1-3-10(2,6-12)9(13)8-7(11)4-5-14-8/h4-5,9,13H,3H2,1-2H3. The van der Waals surface area contributed by atoms with E-state index in [1.54, 1.807) is 13.0 Å². The summed E-state index contributed by atoms with van der Waals surface area (Å²) >= 11 is 3.25. The predicted molar refractivity (Wildman–Crippen MR) is 55.4 cm³/mol. The van der Waals surface area contributed by atoms with Crippen LogP contribution in [0.15, 0.2) is 21.2 Å². The van der Waals surface area contributed by atoms with Crippen LogP contribution in [0.25, 0.3) is 0 Å². The van der Waals surface area contributed by atoms with Gasteiger partial charge in [0, 0.05) is 0 Å². The second-order valence-electron chi connectivity index (χ2n) is 3.42. The molecule has 1 aromatic heterocycles. The Bertz CT molecular complexity index is 355. The van der Waals surface area contributed by atoms with Crippen LogP contribution in [0.1, 0.15) is 32.1 Å². The van der Waals surface area contributed by atoms with Crippen LogP contribution >= 0.6 is 15.9 Å². The van der Waals surface area contributed by atoms with Crippen molar-refractivity contribution in [2.24, 2.45) is 5.41 Å². The Kier molecular flexibility index (Phi) is 3.35. The highest BCUT2D eigenvalue weighted by molar-refractivity contribution is 9.10. The molecule has 0 aromatic carbocycles. The van der Waals surface area contributed by atoms with E-state index < -0.39 is 11.5 Å². The maximum absolute atomic E-state index is 9.96. The van der Waals surface area contributed by atoms with Gasteiger partial charge in [0.15, 0.2) is 0 Å². The van der Waals surface area contributed by atoms with Crippen LogP contribution in [-0.4, -0.2) is 5.11 Å². The third-order valence-electron chi connectivity index (χ3n) is 2.49. The van der Waals surface area contributed by atoms with Gasteiger partial charge in [0.2, 0.25) is 0 Å². The largest absolute Gasteiger partial charge is 0.465 e. The van der Waals surface area contributed by atoms with Crippen LogP contribution in [0.5, 0.6) is 0 Å². The minimum absolute atomic E-state index is 0.413. The molecule has 4 heteroatoms. The van der Waals surface area contributed by atoms with E-state index in [0.717, 1.165) is 0 Å². The molecule has 2 atom stereocenters. The van der Waals surface area contributed by atoms with E-state index in [1.807, 2.05) is 6.92 Å². The summed E-state index contributed by atoms with van der Waals surface area (Å²) in [5, 5.41) is 18.9. The van der Waals surface area contributed by atoms with Gasteiger partial charge in [-0.15, -0.1) is 0 Å². The molecule has 1 N–H and O–H groups in total. The second-order valence-corrected chi connectivity index (χ2v) is 4.27. The van der Waals surface area contributed by atoms with Gasteiger partial charge in [-0.1, -0.05) is 6.92 Å². The minimum atomic E-state index is -0.901. The highest BCUT2D eigenvalue weighted by Crippen LogP contribution is 2.39. The van der Waals surface area contributed by atoms with Crippen LogP contribution < -0.4 is 0 Å². The fourth-order valence-electron chi connectivity index (χ4n) is 1.12. The summed E-state index contributed by atoms with van der Waals surface area (Å²) in [6.07, 6.45) is 1.15. The van der Waals surface area contributed by atoms with Gasteiger partial charge in [-0.3, -0.25) is 0 Å². The molecule has 0 aliphatic heterocycles. The predicted octanol–water partition coefficient (Wildman–Crippen LogP) is 3.02. The van der Waals surface area contributed by atoms with E-state index in [9.17, 15) is 5.11 Å². The van der Waals surface area contributed by atoms with E-state index in [2.05, 4.69) is 22.0 Å². The molecule has 0 saturated heterocycles. The monoisotopic (exact) mass is 257 g/mol. The number of nitriles is 1. The lowest BCUT2D eigenvalue weighted by Gasteiger charge is -2.24. The lowest BCUT2D eigenvalue weighted by Crippen LogP contribution is -2.22. The molecule has 0 aliphatic carbocycles. The topological polar surface area (TPSA) is 57.2 Å². The zero-order chi connectivity index (χ0) is 10.8. The van der Waals surface area contributed by atoms with Crippen molar-refractivity contribution in [2.45, 2.75) is 26.4 Å². The Morgan fingerprint density at radius 3 is 2.79 bits per heavy atom. The number of furan rings is 1. The van der Waals surface area contributed by atoms with Gasteiger partial charge in [0.1, 0.15) is 11.9 Å². The number of aliphatic hydroxyl groups excluding tert-OH is 1. The Hall–Kier alpha value is -0.790. The number of halogens is 1. The number of hydrogen-bond acceptors (Lipinski definition) is 3. The van der Waals surface area contributed by atoms with Gasteiger partial charge >= 0.3 is 0 Å². The smallest absolute Gasteiger partial charge is 0.148 e. The zero-order valence-electron chi connectivity index (χ0n) is 8.12. The van der Waals surface area contributed by atoms with Crippen molar-refractivity contribution in [1.82, 2.24) is 0 Å². The zero-order valence-corrected chi connectivity index (χ0v) is 9.71. The summed E-state index contributed by atoms with van der Waals surface area (Å²) in [6.45, 7) is 3.58. The van der Waals surface area contributed by atoms with E-state index in [-0.39, 0.29) is 0 Å². The molecule has 0 amide bonds. The SMILES string of the molecule is CCC(C)(C#N)C(O)c1occc1Br. The number of aliphatic hydroxyl groups is 1. The number of rotatable bonds is 3. The Morgan fingerprint density at radius 2 is 2.43 bits per heavy atom. The van der Waals surface area contributed by atoms with E-state index in [1.165, 1.54) is 6.26 Å². The van der Waals surface area contributed by atoms with Crippen molar-refractivity contribution in [3.05, 3.63) is 22.6 Å². The van der Waals surface area contributed by atoms with Crippen LogP contribution in [0.4, 0.5) is 0 Å². The summed E-state index contributed by atoms with van der Waals surface area (Å²) in [5.74, 6) is 0.413. The van der Waals surface area contributed by atoms with Gasteiger partial charge in [-0.25, -0.2) is 0 Å². The normalized spacial score (nSPS) is 17.1. The van der Waals surface area contributed by atoms with Crippen molar-refractivity contribution in [1.29, 1.82) is 5.26 Å². The molecule has 0 bridgehead atoms. The molecule has 0 radical (unpaired) electrons. The van der Waals surface area contributed by atoms with Gasteiger partial charge in [-0.2, -0.15) is 5.26 Å². The Labute approximate surface area is 91.5 Å². The van der Waals surface area contributed by atoms with Crippen molar-refractivity contribution in [3.63, 3.8) is 0 Å². The minimum Gasteiger partial charge on any atom is -0.465 e. The van der Waals surface area contributed by atoms with Crippen molar-refractivity contribution < 1.29 is 9.52 Å². The average Bonchev–Trinajstić information content (AvgIpc) is 2.62. The number of nitrogens with zero attached hydrogens (tertiary/aromatic N) is 1. The maximum atomic E-state index is 9.96. The summed E-state index contributed by atoms with van der Waals surface area (Å²) in [5.41, 5.74) is -0.805. The van der Waals surface area contributed by atoms with Crippen molar-refractivity contribution in [2.75, 3.05) is 0 Å². The fraction of sp³-hybridized carbons (Fsp3) is 0.500. The molecule has 1 rings (SSSR count). The maximum Gasteiger partial charge on any atom is 0.148 e. The molecule has 14 heavy (non-hydrogen) atoms. The molecular weight excluding hydrogens is 246 g/mol. The van der Waals surface area contributed by atoms with Gasteiger partial charge in [-0.05, 0) is 35.3 Å². The van der Waals surface area contributed by atoms with Crippen molar-refractivity contribution in [3.8, 4) is 6.07 Å². The van der Waals surface area contributed by atoms with Gasteiger partial charge < -0.3 is 9.52 Å². The number of hydrogen-bond donors (Lipinski definition) is 1. The van der Waals surface area contributed by atoms with E-state index in [0.29, 0.717) is 16.7 Å². The van der Waals surface area contributed by atoms with Crippen LogP contribution in [-0.2, 0) is 0 Å². The van der Waals surface area contributed by atoms with E-state index in [4.69, 9.17) is 9.68 Å². The summed E-state index contributed by atoms with van der Waals surface area (Å²) in [7, 11) is 0. The Balaban J connectivity index is 3.02. The molecule has 0 aliphatic rings. The quantitative estimate of drug-likeness (QED) is 0.906. The van der Waals surface area contributed by atoms with Crippen LogP contribution in [0, 0.1) is 16.7 Å². The molecule has 3 nitrogen and oxygen atoms in total. The van der Waals surface area contributed by atoms with Gasteiger partial charge in [0.25, 0.3) is 0 Å². The van der Waals surface area contributed by atoms with Crippen molar-refractivity contribution >= 4 is 15.9 Å². The first-order valence-corrected chi connectivity index (χ1v) is 5.16. The Morgan fingerprint density at radius 1 is 1.79 bits per heavy atom. The molecule has 1 heterocycles. The van der Waals surface area contributed by atoms with Gasteiger partial charge in [0.05, 0.1) is 22.2 Å². The summed E-state index contributed by atoms with van der Waals surface area (Å²) in [6, 6.07) is 3.81. The molecule has 0 spiro atoms. The third kappa shape index (κ3) is 1.84. The molecule has 2 unspecified atom stereocenters. The van der Waals surface area contributed by atoms with Crippen LogP contribution in [0.2, 0.25) is 0 Å². The molecule has 76 valence electrons. The molecule has 0 fully saturated rings. The molecular formula is C10H12BrNO2. The first-order valence-electron chi connectivity index (χ1n) is 4.37. The highest BCUT2D eigenvalue weighted by atomic mass is 79.9. The fourth-order valence-corrected chi connectivity index (χ4v) is 1.54. The van der Waals surface area contributed by atoms with Crippen LogP contribution in [0.3, 0.4) is 0 Å². The third-order valence-corrected chi connectivity index (χ3v) is 3.14. The summed E-state index contributed by atoms with van der Waals surface area (Å²) in [4.78, 5) is 0. The molecule has 0 saturated carbocycles. The second kappa shape index (κ2) is 4.16. The highest BCUT2D eigenvalue weighted by Gasteiger charge is 2.35. The lowest BCUT2D eigenvalue weighted by atomic mass is 9.82. The van der Waals surface area contributed by atoms with E-state index >= 15 is 0 Å².